The normalized spacial score (nSPS) is 19.2. The Hall–Kier alpha value is -0.730. The van der Waals surface area contributed by atoms with Crippen molar-refractivity contribution >= 4 is 5.96 Å². The fraction of sp³-hybridized carbons (Fsp3) is 0.900. The van der Waals surface area contributed by atoms with Gasteiger partial charge in [0.05, 0.1) is 6.54 Å². The number of guanidine groups is 1. The Labute approximate surface area is 81.0 Å². The first kappa shape index (κ1) is 10.4. The molecule has 0 radical (unpaired) electrons. The third-order valence-corrected chi connectivity index (χ3v) is 1.98. The summed E-state index contributed by atoms with van der Waals surface area (Å²) in [7, 11) is 0. The summed E-state index contributed by atoms with van der Waals surface area (Å²) in [5.74, 6) is 0.969. The molecule has 1 heterocycles. The first-order chi connectivity index (χ1) is 5.97. The van der Waals surface area contributed by atoms with Crippen LogP contribution >= 0.6 is 0 Å². The second kappa shape index (κ2) is 3.99. The van der Waals surface area contributed by atoms with Crippen LogP contribution in [-0.4, -0.2) is 25.1 Å². The monoisotopic (exact) mass is 183 g/mol. The van der Waals surface area contributed by atoms with Gasteiger partial charge in [0.15, 0.2) is 5.96 Å². The van der Waals surface area contributed by atoms with Crippen molar-refractivity contribution in [3.05, 3.63) is 0 Å². The summed E-state index contributed by atoms with van der Waals surface area (Å²) in [5, 5.41) is 6.59. The van der Waals surface area contributed by atoms with Crippen LogP contribution in [-0.2, 0) is 0 Å². The van der Waals surface area contributed by atoms with E-state index in [4.69, 9.17) is 0 Å². The molecule has 3 nitrogen and oxygen atoms in total. The van der Waals surface area contributed by atoms with Crippen molar-refractivity contribution in [2.24, 2.45) is 10.4 Å². The van der Waals surface area contributed by atoms with Crippen molar-refractivity contribution in [1.82, 2.24) is 10.6 Å². The second-order valence-corrected chi connectivity index (χ2v) is 4.97. The van der Waals surface area contributed by atoms with Gasteiger partial charge in [0.25, 0.3) is 0 Å². The minimum absolute atomic E-state index is 0.381. The average molecular weight is 183 g/mol. The lowest BCUT2D eigenvalue weighted by Crippen LogP contribution is -2.41. The maximum absolute atomic E-state index is 4.30. The lowest BCUT2D eigenvalue weighted by Gasteiger charge is -2.24. The van der Waals surface area contributed by atoms with E-state index in [0.29, 0.717) is 11.5 Å². The van der Waals surface area contributed by atoms with E-state index in [-0.39, 0.29) is 0 Å². The fourth-order valence-corrected chi connectivity index (χ4v) is 1.70. The standard InChI is InChI=1S/C10H21N3/c1-8(7-10(2,3)4)13-9-11-5-6-12-9/h8H,5-7H2,1-4H3,(H2,11,12,13). The number of hydrogen-bond donors (Lipinski definition) is 2. The summed E-state index contributed by atoms with van der Waals surface area (Å²) in [5.41, 5.74) is 0.381. The molecule has 0 bridgehead atoms. The maximum atomic E-state index is 4.30. The van der Waals surface area contributed by atoms with Crippen LogP contribution < -0.4 is 10.6 Å². The molecule has 1 aliphatic rings. The predicted octanol–water partition coefficient (Wildman–Crippen LogP) is 1.36. The van der Waals surface area contributed by atoms with E-state index in [1.807, 2.05) is 0 Å². The number of hydrogen-bond acceptors (Lipinski definition) is 3. The number of aliphatic imine (C=N–C) groups is 1. The van der Waals surface area contributed by atoms with E-state index in [1.165, 1.54) is 0 Å². The van der Waals surface area contributed by atoms with E-state index < -0.39 is 0 Å². The van der Waals surface area contributed by atoms with Crippen molar-refractivity contribution in [3.63, 3.8) is 0 Å². The highest BCUT2D eigenvalue weighted by Gasteiger charge is 2.16. The molecule has 0 aromatic carbocycles. The summed E-state index contributed by atoms with van der Waals surface area (Å²) in [6, 6.07) is 0.490. The molecule has 0 fully saturated rings. The van der Waals surface area contributed by atoms with Crippen molar-refractivity contribution in [3.8, 4) is 0 Å². The van der Waals surface area contributed by atoms with Crippen molar-refractivity contribution in [2.45, 2.75) is 40.2 Å². The molecular weight excluding hydrogens is 162 g/mol. The van der Waals surface area contributed by atoms with Crippen molar-refractivity contribution < 1.29 is 0 Å². The average Bonchev–Trinajstić information content (AvgIpc) is 2.34. The van der Waals surface area contributed by atoms with Crippen LogP contribution in [0.25, 0.3) is 0 Å². The third-order valence-electron chi connectivity index (χ3n) is 1.98. The van der Waals surface area contributed by atoms with E-state index in [0.717, 1.165) is 25.5 Å². The van der Waals surface area contributed by atoms with Crippen LogP contribution in [0.4, 0.5) is 0 Å². The number of nitrogens with zero attached hydrogens (tertiary/aromatic N) is 1. The molecule has 0 saturated carbocycles. The van der Waals surface area contributed by atoms with Crippen LogP contribution in [0.5, 0.6) is 0 Å². The van der Waals surface area contributed by atoms with Crippen LogP contribution in [0.15, 0.2) is 4.99 Å². The number of rotatable bonds is 2. The maximum Gasteiger partial charge on any atom is 0.191 e. The Morgan fingerprint density at radius 2 is 2.23 bits per heavy atom. The molecular formula is C10H21N3. The molecule has 0 spiro atoms. The van der Waals surface area contributed by atoms with Gasteiger partial charge in [-0.05, 0) is 18.8 Å². The smallest absolute Gasteiger partial charge is 0.191 e. The van der Waals surface area contributed by atoms with E-state index in [2.05, 4.69) is 43.3 Å². The zero-order valence-electron chi connectivity index (χ0n) is 9.15. The van der Waals surface area contributed by atoms with E-state index >= 15 is 0 Å². The summed E-state index contributed by atoms with van der Waals surface area (Å²) in [6.07, 6.45) is 1.16. The zero-order chi connectivity index (χ0) is 9.90. The SMILES string of the molecule is CC(CC(C)(C)C)NC1=NCCN1. The lowest BCUT2D eigenvalue weighted by molar-refractivity contribution is 0.336. The zero-order valence-corrected chi connectivity index (χ0v) is 9.15. The molecule has 1 unspecified atom stereocenters. The molecule has 76 valence electrons. The quantitative estimate of drug-likeness (QED) is 0.678. The van der Waals surface area contributed by atoms with Crippen molar-refractivity contribution in [2.75, 3.05) is 13.1 Å². The van der Waals surface area contributed by atoms with Gasteiger partial charge in [-0.3, -0.25) is 4.99 Å². The molecule has 1 rings (SSSR count). The Bertz CT molecular complexity index is 191. The van der Waals surface area contributed by atoms with Crippen molar-refractivity contribution in [1.29, 1.82) is 0 Å². The Balaban J connectivity index is 2.28. The second-order valence-electron chi connectivity index (χ2n) is 4.97. The Morgan fingerprint density at radius 3 is 2.69 bits per heavy atom. The molecule has 0 aliphatic carbocycles. The van der Waals surface area contributed by atoms with E-state index in [1.54, 1.807) is 0 Å². The molecule has 1 aliphatic heterocycles. The van der Waals surface area contributed by atoms with Gasteiger partial charge in [-0.2, -0.15) is 0 Å². The van der Waals surface area contributed by atoms with Gasteiger partial charge >= 0.3 is 0 Å². The summed E-state index contributed by atoms with van der Waals surface area (Å²) in [4.78, 5) is 4.30. The molecule has 3 heteroatoms. The minimum atomic E-state index is 0.381. The predicted molar refractivity (Wildman–Crippen MR) is 57.0 cm³/mol. The van der Waals surface area contributed by atoms with Gasteiger partial charge < -0.3 is 10.6 Å². The lowest BCUT2D eigenvalue weighted by atomic mass is 9.89. The minimum Gasteiger partial charge on any atom is -0.355 e. The molecule has 1 atom stereocenters. The largest absolute Gasteiger partial charge is 0.355 e. The van der Waals surface area contributed by atoms with Gasteiger partial charge in [0, 0.05) is 12.6 Å². The van der Waals surface area contributed by atoms with Gasteiger partial charge in [0.1, 0.15) is 0 Å². The van der Waals surface area contributed by atoms with Gasteiger partial charge in [0.2, 0.25) is 0 Å². The molecule has 2 N–H and O–H groups in total. The fourth-order valence-electron chi connectivity index (χ4n) is 1.70. The highest BCUT2D eigenvalue weighted by Crippen LogP contribution is 2.20. The van der Waals surface area contributed by atoms with Crippen LogP contribution in [0.1, 0.15) is 34.1 Å². The van der Waals surface area contributed by atoms with E-state index in [9.17, 15) is 0 Å². The topological polar surface area (TPSA) is 36.4 Å². The highest BCUT2D eigenvalue weighted by molar-refractivity contribution is 5.81. The summed E-state index contributed by atoms with van der Waals surface area (Å²) >= 11 is 0. The Kier molecular flexibility index (Phi) is 3.17. The summed E-state index contributed by atoms with van der Waals surface area (Å²) < 4.78 is 0. The van der Waals surface area contributed by atoms with Crippen LogP contribution in [0.3, 0.4) is 0 Å². The number of nitrogens with one attached hydrogen (secondary N) is 2. The first-order valence-electron chi connectivity index (χ1n) is 5.02. The molecule has 0 amide bonds. The van der Waals surface area contributed by atoms with Gasteiger partial charge in [-0.25, -0.2) is 0 Å². The van der Waals surface area contributed by atoms with Crippen LogP contribution in [0, 0.1) is 5.41 Å². The van der Waals surface area contributed by atoms with Gasteiger partial charge in [-0.15, -0.1) is 0 Å². The Morgan fingerprint density at radius 1 is 1.54 bits per heavy atom. The van der Waals surface area contributed by atoms with Crippen LogP contribution in [0.2, 0.25) is 0 Å². The molecule has 0 aromatic heterocycles. The molecule has 0 aromatic rings. The third kappa shape index (κ3) is 4.15. The summed E-state index contributed by atoms with van der Waals surface area (Å²) in [6.45, 7) is 10.9. The first-order valence-corrected chi connectivity index (χ1v) is 5.02. The highest BCUT2D eigenvalue weighted by atomic mass is 15.2. The molecule has 0 saturated heterocycles. The molecule has 13 heavy (non-hydrogen) atoms. The van der Waals surface area contributed by atoms with Gasteiger partial charge in [-0.1, -0.05) is 20.8 Å².